The highest BCUT2D eigenvalue weighted by Gasteiger charge is 2.23. The fraction of sp³-hybridized carbons (Fsp3) is 0.250. The number of rotatable bonds is 10. The van der Waals surface area contributed by atoms with Crippen LogP contribution >= 0.6 is 11.3 Å². The first-order chi connectivity index (χ1) is 16.4. The van der Waals surface area contributed by atoms with Crippen molar-refractivity contribution in [3.63, 3.8) is 0 Å². The van der Waals surface area contributed by atoms with Gasteiger partial charge in [0.15, 0.2) is 0 Å². The van der Waals surface area contributed by atoms with Gasteiger partial charge in [0, 0.05) is 50.1 Å². The summed E-state index contributed by atoms with van der Waals surface area (Å²) in [7, 11) is -2.10. The smallest absolute Gasteiger partial charge is 0.261 e. The van der Waals surface area contributed by atoms with Crippen LogP contribution in [-0.4, -0.2) is 55.4 Å². The predicted octanol–water partition coefficient (Wildman–Crippen LogP) is 3.88. The number of aromatic amines is 1. The lowest BCUT2D eigenvalue weighted by molar-refractivity contribution is 0.0955. The van der Waals surface area contributed by atoms with Crippen LogP contribution in [0.4, 0.5) is 0 Å². The van der Waals surface area contributed by atoms with Gasteiger partial charge >= 0.3 is 0 Å². The summed E-state index contributed by atoms with van der Waals surface area (Å²) in [5.74, 6) is -0.210. The van der Waals surface area contributed by atoms with E-state index in [0.29, 0.717) is 23.6 Å². The van der Waals surface area contributed by atoms with Crippen molar-refractivity contribution in [2.45, 2.75) is 18.4 Å². The highest BCUT2D eigenvalue weighted by Crippen LogP contribution is 2.31. The van der Waals surface area contributed by atoms with Gasteiger partial charge in [0.25, 0.3) is 5.91 Å². The average molecular weight is 499 g/mol. The molecule has 0 aliphatic carbocycles. The summed E-state index contributed by atoms with van der Waals surface area (Å²) in [6.07, 6.45) is 3.62. The Bertz CT molecular complexity index is 1390. The molecule has 0 aliphatic rings. The molecular formula is C24H26N4O4S2. The van der Waals surface area contributed by atoms with Crippen molar-refractivity contribution in [2.75, 3.05) is 26.8 Å². The van der Waals surface area contributed by atoms with E-state index in [4.69, 9.17) is 4.74 Å². The van der Waals surface area contributed by atoms with Crippen LogP contribution in [0.25, 0.3) is 22.2 Å². The Morgan fingerprint density at radius 1 is 1.24 bits per heavy atom. The van der Waals surface area contributed by atoms with Crippen molar-refractivity contribution in [2.24, 2.45) is 0 Å². The van der Waals surface area contributed by atoms with Gasteiger partial charge < -0.3 is 15.0 Å². The third kappa shape index (κ3) is 5.05. The number of fused-ring (bicyclic) bond motifs is 1. The molecule has 0 saturated carbocycles. The van der Waals surface area contributed by atoms with Gasteiger partial charge in [0.1, 0.15) is 5.65 Å². The number of pyridine rings is 1. The van der Waals surface area contributed by atoms with Crippen molar-refractivity contribution in [3.05, 3.63) is 70.7 Å². The van der Waals surface area contributed by atoms with E-state index in [9.17, 15) is 13.2 Å². The zero-order valence-electron chi connectivity index (χ0n) is 18.9. The van der Waals surface area contributed by atoms with Crippen LogP contribution in [0.5, 0.6) is 0 Å². The van der Waals surface area contributed by atoms with Gasteiger partial charge in [-0.1, -0.05) is 19.1 Å². The summed E-state index contributed by atoms with van der Waals surface area (Å²) in [6.45, 7) is 2.96. The van der Waals surface area contributed by atoms with Crippen LogP contribution in [0.15, 0.2) is 65.1 Å². The van der Waals surface area contributed by atoms with E-state index in [-0.39, 0.29) is 23.9 Å². The number of thiophene rings is 1. The zero-order valence-corrected chi connectivity index (χ0v) is 20.6. The highest BCUT2D eigenvalue weighted by atomic mass is 32.2. The number of ether oxygens (including phenoxy) is 1. The van der Waals surface area contributed by atoms with Gasteiger partial charge in [0.05, 0.1) is 16.4 Å². The summed E-state index contributed by atoms with van der Waals surface area (Å²) >= 11 is 1.36. The summed E-state index contributed by atoms with van der Waals surface area (Å²) in [4.78, 5) is 21.0. The average Bonchev–Trinajstić information content (AvgIpc) is 3.50. The third-order valence-electron chi connectivity index (χ3n) is 5.47. The molecule has 178 valence electrons. The van der Waals surface area contributed by atoms with Crippen molar-refractivity contribution in [3.8, 4) is 11.1 Å². The number of likely N-dealkylation sites (N-methyl/N-ethyl adjacent to an activating group) is 1. The van der Waals surface area contributed by atoms with Crippen molar-refractivity contribution < 1.29 is 17.9 Å². The lowest BCUT2D eigenvalue weighted by Gasteiger charge is -2.20. The van der Waals surface area contributed by atoms with E-state index in [1.54, 1.807) is 37.4 Å². The molecule has 4 aromatic rings. The van der Waals surface area contributed by atoms with E-state index < -0.39 is 10.0 Å². The van der Waals surface area contributed by atoms with Crippen LogP contribution < -0.4 is 5.32 Å². The van der Waals surface area contributed by atoms with E-state index >= 15 is 0 Å². The fourth-order valence-corrected chi connectivity index (χ4v) is 5.99. The molecule has 10 heteroatoms. The molecular weight excluding hydrogens is 472 g/mol. The lowest BCUT2D eigenvalue weighted by Crippen LogP contribution is -2.33. The van der Waals surface area contributed by atoms with Crippen molar-refractivity contribution in [1.29, 1.82) is 0 Å². The van der Waals surface area contributed by atoms with Gasteiger partial charge in [-0.25, -0.2) is 13.4 Å². The molecule has 1 amide bonds. The Kier molecular flexibility index (Phi) is 7.42. The van der Waals surface area contributed by atoms with E-state index in [0.717, 1.165) is 22.2 Å². The maximum atomic E-state index is 13.0. The maximum Gasteiger partial charge on any atom is 0.261 e. The Morgan fingerprint density at radius 2 is 2.09 bits per heavy atom. The van der Waals surface area contributed by atoms with Gasteiger partial charge in [0.2, 0.25) is 10.0 Å². The molecule has 0 atom stereocenters. The first-order valence-corrected chi connectivity index (χ1v) is 13.1. The maximum absolute atomic E-state index is 13.0. The minimum atomic E-state index is -3.64. The molecule has 0 unspecified atom stereocenters. The normalized spacial score (nSPS) is 11.9. The number of sulfonamides is 1. The van der Waals surface area contributed by atoms with E-state index in [1.807, 2.05) is 29.8 Å². The predicted molar refractivity (Wildman–Crippen MR) is 133 cm³/mol. The number of hydrogen-bond donors (Lipinski definition) is 2. The van der Waals surface area contributed by atoms with Crippen LogP contribution in [0.2, 0.25) is 0 Å². The minimum absolute atomic E-state index is 0.198. The quantitative estimate of drug-likeness (QED) is 0.345. The molecule has 2 N–H and O–H groups in total. The Labute approximate surface area is 202 Å². The number of aromatic nitrogens is 2. The van der Waals surface area contributed by atoms with Crippen molar-refractivity contribution in [1.82, 2.24) is 19.6 Å². The number of carbonyl (C=O) groups excluding carboxylic acids is 1. The summed E-state index contributed by atoms with van der Waals surface area (Å²) in [6, 6.07) is 12.4. The molecule has 1 aromatic carbocycles. The largest absolute Gasteiger partial charge is 0.383 e. The SMILES string of the molecule is CCN(CCOC)S(=O)(=O)c1cccc(CNC(=O)c2cc(-c3c[nH]c4ncccc34)cs2)c1. The van der Waals surface area contributed by atoms with Gasteiger partial charge in [-0.05, 0) is 46.8 Å². The number of nitrogens with one attached hydrogen (secondary N) is 2. The number of benzene rings is 1. The summed E-state index contributed by atoms with van der Waals surface area (Å²) in [5.41, 5.74) is 3.44. The first kappa shape index (κ1) is 24.1. The number of methoxy groups -OCH3 is 1. The Hall–Kier alpha value is -3.05. The molecule has 0 aliphatic heterocycles. The fourth-order valence-electron chi connectivity index (χ4n) is 3.67. The molecule has 0 radical (unpaired) electrons. The lowest BCUT2D eigenvalue weighted by atomic mass is 10.1. The molecule has 8 nitrogen and oxygen atoms in total. The zero-order chi connectivity index (χ0) is 24.1. The monoisotopic (exact) mass is 498 g/mol. The molecule has 0 spiro atoms. The number of nitrogens with zero attached hydrogens (tertiary/aromatic N) is 2. The van der Waals surface area contributed by atoms with Crippen LogP contribution in [0.1, 0.15) is 22.2 Å². The number of amides is 1. The van der Waals surface area contributed by atoms with Crippen molar-refractivity contribution >= 4 is 38.3 Å². The summed E-state index contributed by atoms with van der Waals surface area (Å²) < 4.78 is 32.3. The van der Waals surface area contributed by atoms with E-state index in [2.05, 4.69) is 15.3 Å². The molecule has 4 rings (SSSR count). The summed E-state index contributed by atoms with van der Waals surface area (Å²) in [5, 5.41) is 5.83. The van der Waals surface area contributed by atoms with Gasteiger partial charge in [-0.15, -0.1) is 11.3 Å². The van der Waals surface area contributed by atoms with Gasteiger partial charge in [-0.2, -0.15) is 4.31 Å². The third-order valence-corrected chi connectivity index (χ3v) is 8.37. The molecule has 3 aromatic heterocycles. The van der Waals surface area contributed by atoms with Crippen LogP contribution in [0.3, 0.4) is 0 Å². The number of carbonyl (C=O) groups is 1. The molecule has 0 bridgehead atoms. The van der Waals surface area contributed by atoms with Gasteiger partial charge in [-0.3, -0.25) is 4.79 Å². The Morgan fingerprint density at radius 3 is 2.88 bits per heavy atom. The van der Waals surface area contributed by atoms with Crippen LogP contribution in [0, 0.1) is 0 Å². The number of H-pyrrole nitrogens is 1. The number of hydrogen-bond acceptors (Lipinski definition) is 6. The molecule has 34 heavy (non-hydrogen) atoms. The first-order valence-electron chi connectivity index (χ1n) is 10.8. The highest BCUT2D eigenvalue weighted by molar-refractivity contribution is 7.89. The Balaban J connectivity index is 1.45. The topological polar surface area (TPSA) is 104 Å². The standard InChI is InChI=1S/C24H26N4O4S2/c1-3-28(10-11-32-2)34(30,31)19-7-4-6-17(12-19)14-27-24(29)22-13-18(16-33-22)21-15-26-23-20(21)8-5-9-25-23/h4-9,12-13,15-16H,3,10-11,14H2,1-2H3,(H,25,26)(H,27,29). The minimum Gasteiger partial charge on any atom is -0.383 e. The molecule has 0 fully saturated rings. The second-order valence-electron chi connectivity index (χ2n) is 7.62. The molecule has 0 saturated heterocycles. The molecule has 3 heterocycles. The second kappa shape index (κ2) is 10.5. The van der Waals surface area contributed by atoms with Crippen LogP contribution in [-0.2, 0) is 21.3 Å². The second-order valence-corrected chi connectivity index (χ2v) is 10.5. The van der Waals surface area contributed by atoms with E-state index in [1.165, 1.54) is 22.8 Å².